The molecule has 0 atom stereocenters. The van der Waals surface area contributed by atoms with Crippen LogP contribution in [-0.2, 0) is 11.9 Å². The second-order valence-corrected chi connectivity index (χ2v) is 8.01. The van der Waals surface area contributed by atoms with Gasteiger partial charge in [0, 0.05) is 16.2 Å². The van der Waals surface area contributed by atoms with Gasteiger partial charge >= 0.3 is 6.18 Å². The van der Waals surface area contributed by atoms with Gasteiger partial charge in [-0.15, -0.1) is 23.1 Å². The van der Waals surface area contributed by atoms with Gasteiger partial charge in [0.15, 0.2) is 0 Å². The third kappa shape index (κ3) is 4.01. The number of hydrogen-bond donors (Lipinski definition) is 0. The molecule has 0 amide bonds. The van der Waals surface area contributed by atoms with Gasteiger partial charge in [0.05, 0.1) is 15.8 Å². The van der Waals surface area contributed by atoms with Crippen molar-refractivity contribution in [3.8, 4) is 10.6 Å². The molecule has 136 valence electrons. The van der Waals surface area contributed by atoms with E-state index in [1.807, 2.05) is 30.3 Å². The van der Waals surface area contributed by atoms with E-state index in [1.165, 1.54) is 33.9 Å². The molecule has 0 bridgehead atoms. The molecule has 0 saturated heterocycles. The first-order valence-corrected chi connectivity index (χ1v) is 10.0. The summed E-state index contributed by atoms with van der Waals surface area (Å²) in [5, 5.41) is 0.732. The van der Waals surface area contributed by atoms with Crippen molar-refractivity contribution in [2.75, 3.05) is 0 Å². The van der Waals surface area contributed by atoms with E-state index in [0.29, 0.717) is 5.56 Å². The fourth-order valence-electron chi connectivity index (χ4n) is 2.72. The van der Waals surface area contributed by atoms with Crippen LogP contribution in [0.1, 0.15) is 11.1 Å². The molecule has 3 aromatic carbocycles. The van der Waals surface area contributed by atoms with Gasteiger partial charge < -0.3 is 0 Å². The van der Waals surface area contributed by atoms with Crippen molar-refractivity contribution in [2.24, 2.45) is 0 Å². The zero-order valence-corrected chi connectivity index (χ0v) is 15.7. The average molecular weight is 401 g/mol. The molecule has 1 heterocycles. The highest BCUT2D eigenvalue weighted by molar-refractivity contribution is 7.98. The molecule has 4 aromatic rings. The molecule has 0 aliphatic carbocycles. The Balaban J connectivity index is 1.62. The highest BCUT2D eigenvalue weighted by Gasteiger charge is 2.30. The van der Waals surface area contributed by atoms with Crippen LogP contribution in [0.5, 0.6) is 0 Å². The van der Waals surface area contributed by atoms with E-state index < -0.39 is 11.7 Å². The Kier molecular flexibility index (Phi) is 4.93. The zero-order valence-electron chi connectivity index (χ0n) is 14.0. The molecule has 0 fully saturated rings. The van der Waals surface area contributed by atoms with E-state index in [9.17, 15) is 13.2 Å². The summed E-state index contributed by atoms with van der Waals surface area (Å²) in [7, 11) is 0. The number of halogens is 3. The van der Waals surface area contributed by atoms with Gasteiger partial charge in [0.2, 0.25) is 0 Å². The smallest absolute Gasteiger partial charge is 0.236 e. The van der Waals surface area contributed by atoms with Crippen LogP contribution in [0.2, 0.25) is 0 Å². The lowest BCUT2D eigenvalue weighted by Gasteiger charge is -2.06. The third-order valence-corrected chi connectivity index (χ3v) is 6.35. The van der Waals surface area contributed by atoms with Gasteiger partial charge in [0.25, 0.3) is 0 Å². The van der Waals surface area contributed by atoms with Crippen molar-refractivity contribution < 1.29 is 13.2 Å². The largest absolute Gasteiger partial charge is 0.416 e. The number of thiazole rings is 1. The second kappa shape index (κ2) is 7.37. The molecule has 27 heavy (non-hydrogen) atoms. The minimum absolute atomic E-state index is 0.646. The van der Waals surface area contributed by atoms with Crippen LogP contribution in [-0.4, -0.2) is 4.98 Å². The van der Waals surface area contributed by atoms with Crippen LogP contribution in [0.25, 0.3) is 20.8 Å². The van der Waals surface area contributed by atoms with Gasteiger partial charge in [-0.05, 0) is 35.9 Å². The number of aromatic nitrogens is 1. The highest BCUT2D eigenvalue weighted by Crippen LogP contribution is 2.36. The Morgan fingerprint density at radius 1 is 0.852 bits per heavy atom. The first-order chi connectivity index (χ1) is 13.0. The molecule has 0 aliphatic heterocycles. The SMILES string of the molecule is FC(F)(F)c1ccc(-c2nc3cccc(CSc4ccccc4)c3s2)cc1. The number of hydrogen-bond acceptors (Lipinski definition) is 3. The summed E-state index contributed by atoms with van der Waals surface area (Å²) in [6, 6.07) is 21.3. The van der Waals surface area contributed by atoms with Gasteiger partial charge in [0.1, 0.15) is 5.01 Å². The quantitative estimate of drug-likeness (QED) is 0.333. The van der Waals surface area contributed by atoms with Crippen LogP contribution in [0.15, 0.2) is 77.7 Å². The van der Waals surface area contributed by atoms with Gasteiger partial charge in [-0.25, -0.2) is 4.98 Å². The first kappa shape index (κ1) is 18.1. The maximum absolute atomic E-state index is 12.8. The maximum Gasteiger partial charge on any atom is 0.416 e. The molecule has 0 N–H and O–H groups in total. The summed E-state index contributed by atoms with van der Waals surface area (Å²) in [5.74, 6) is 0.815. The summed E-state index contributed by atoms with van der Waals surface area (Å²) in [6.45, 7) is 0. The Labute approximate surface area is 162 Å². The molecule has 0 radical (unpaired) electrons. The van der Waals surface area contributed by atoms with Gasteiger partial charge in [-0.3, -0.25) is 0 Å². The van der Waals surface area contributed by atoms with Crippen molar-refractivity contribution >= 4 is 33.3 Å². The number of fused-ring (bicyclic) bond motifs is 1. The summed E-state index contributed by atoms with van der Waals surface area (Å²) < 4.78 is 39.3. The third-order valence-electron chi connectivity index (χ3n) is 4.09. The maximum atomic E-state index is 12.8. The lowest BCUT2D eigenvalue weighted by atomic mass is 10.1. The predicted octanol–water partition coefficient (Wildman–Crippen LogP) is 7.27. The van der Waals surface area contributed by atoms with Crippen LogP contribution >= 0.6 is 23.1 Å². The summed E-state index contributed by atoms with van der Waals surface area (Å²) in [4.78, 5) is 5.81. The fraction of sp³-hybridized carbons (Fsp3) is 0.0952. The predicted molar refractivity (Wildman–Crippen MR) is 106 cm³/mol. The molecule has 1 aromatic heterocycles. The summed E-state index contributed by atoms with van der Waals surface area (Å²) >= 11 is 3.27. The number of thioether (sulfide) groups is 1. The topological polar surface area (TPSA) is 12.9 Å². The number of nitrogens with zero attached hydrogens (tertiary/aromatic N) is 1. The molecule has 0 aliphatic rings. The molecule has 0 spiro atoms. The van der Waals surface area contributed by atoms with Crippen molar-refractivity contribution in [3.63, 3.8) is 0 Å². The Bertz CT molecular complexity index is 1050. The number of benzene rings is 3. The van der Waals surface area contributed by atoms with Crippen molar-refractivity contribution in [1.29, 1.82) is 0 Å². The van der Waals surface area contributed by atoms with Crippen LogP contribution < -0.4 is 0 Å². The summed E-state index contributed by atoms with van der Waals surface area (Å²) in [5.41, 5.74) is 2.11. The standard InChI is InChI=1S/C21H14F3NS2/c22-21(23,24)16-11-9-14(10-12-16)20-25-18-8-4-5-15(19(18)27-20)13-26-17-6-2-1-3-7-17/h1-12H,13H2. The van der Waals surface area contributed by atoms with Crippen molar-refractivity contribution in [3.05, 3.63) is 83.9 Å². The molecular formula is C21H14F3NS2. The molecule has 1 nitrogen and oxygen atoms in total. The van der Waals surface area contributed by atoms with E-state index in [1.54, 1.807) is 11.8 Å². The zero-order chi connectivity index (χ0) is 18.9. The molecule has 0 unspecified atom stereocenters. The van der Waals surface area contributed by atoms with E-state index in [2.05, 4.69) is 23.2 Å². The summed E-state index contributed by atoms with van der Waals surface area (Å²) in [6.07, 6.45) is -4.33. The minimum Gasteiger partial charge on any atom is -0.236 e. The average Bonchev–Trinajstić information content (AvgIpc) is 3.11. The molecule has 4 rings (SSSR count). The van der Waals surface area contributed by atoms with Crippen LogP contribution in [0.4, 0.5) is 13.2 Å². The Hall–Kier alpha value is -2.31. The van der Waals surface area contributed by atoms with Crippen LogP contribution in [0.3, 0.4) is 0 Å². The van der Waals surface area contributed by atoms with Gasteiger partial charge in [-0.1, -0.05) is 42.5 Å². The second-order valence-electron chi connectivity index (χ2n) is 5.96. The van der Waals surface area contributed by atoms with Crippen molar-refractivity contribution in [2.45, 2.75) is 16.8 Å². The fourth-order valence-corrected chi connectivity index (χ4v) is 4.81. The number of rotatable bonds is 4. The monoisotopic (exact) mass is 401 g/mol. The normalized spacial score (nSPS) is 11.8. The Morgan fingerprint density at radius 3 is 2.30 bits per heavy atom. The van der Waals surface area contributed by atoms with E-state index >= 15 is 0 Å². The van der Waals surface area contributed by atoms with Crippen LogP contribution in [0, 0.1) is 0 Å². The van der Waals surface area contributed by atoms with E-state index in [0.717, 1.165) is 33.1 Å². The lowest BCUT2D eigenvalue weighted by molar-refractivity contribution is -0.137. The molecule has 0 saturated carbocycles. The minimum atomic E-state index is -4.33. The molecular weight excluding hydrogens is 387 g/mol. The van der Waals surface area contributed by atoms with E-state index in [4.69, 9.17) is 0 Å². The first-order valence-electron chi connectivity index (χ1n) is 8.24. The van der Waals surface area contributed by atoms with E-state index in [-0.39, 0.29) is 0 Å². The lowest BCUT2D eigenvalue weighted by Crippen LogP contribution is -2.03. The van der Waals surface area contributed by atoms with Crippen molar-refractivity contribution in [1.82, 2.24) is 4.98 Å². The van der Waals surface area contributed by atoms with Gasteiger partial charge in [-0.2, -0.15) is 13.2 Å². The Morgan fingerprint density at radius 2 is 1.59 bits per heavy atom. The molecule has 6 heteroatoms. The number of alkyl halides is 3. The highest BCUT2D eigenvalue weighted by atomic mass is 32.2.